The number of benzene rings is 1. The zero-order chi connectivity index (χ0) is 19.6. The van der Waals surface area contributed by atoms with Gasteiger partial charge in [-0.25, -0.2) is 14.2 Å². The minimum absolute atomic E-state index is 0.0625. The highest BCUT2D eigenvalue weighted by Crippen LogP contribution is 2.46. The van der Waals surface area contributed by atoms with Crippen LogP contribution >= 0.6 is 0 Å². The highest BCUT2D eigenvalue weighted by molar-refractivity contribution is 5.69. The Labute approximate surface area is 156 Å². The summed E-state index contributed by atoms with van der Waals surface area (Å²) < 4.78 is 39.0. The molecule has 0 aliphatic heterocycles. The molecule has 1 aliphatic carbocycles. The number of carbonyl (C=O) groups excluding carboxylic acids is 1. The van der Waals surface area contributed by atoms with E-state index in [0.29, 0.717) is 17.7 Å². The van der Waals surface area contributed by atoms with Crippen molar-refractivity contribution in [3.63, 3.8) is 0 Å². The Morgan fingerprint density at radius 2 is 2.04 bits per heavy atom. The van der Waals surface area contributed by atoms with E-state index in [1.54, 1.807) is 39.0 Å². The molecule has 5 nitrogen and oxygen atoms in total. The number of rotatable bonds is 5. The van der Waals surface area contributed by atoms with Crippen LogP contribution in [0.5, 0.6) is 5.75 Å². The van der Waals surface area contributed by atoms with Gasteiger partial charge in [-0.05, 0) is 51.5 Å². The van der Waals surface area contributed by atoms with E-state index in [1.807, 2.05) is 0 Å². The predicted molar refractivity (Wildman–Crippen MR) is 95.4 cm³/mol. The van der Waals surface area contributed by atoms with Crippen molar-refractivity contribution in [2.45, 2.75) is 51.4 Å². The average molecular weight is 376 g/mol. The van der Waals surface area contributed by atoms with Crippen LogP contribution in [0.25, 0.3) is 0 Å². The molecule has 0 unspecified atom stereocenters. The van der Waals surface area contributed by atoms with Crippen molar-refractivity contribution in [2.24, 2.45) is 0 Å². The van der Waals surface area contributed by atoms with Gasteiger partial charge in [-0.2, -0.15) is 4.39 Å². The maximum absolute atomic E-state index is 14.4. The van der Waals surface area contributed by atoms with E-state index in [-0.39, 0.29) is 24.1 Å². The molecule has 1 saturated carbocycles. The number of carbonyl (C=O) groups is 1. The molecule has 144 valence electrons. The first-order valence-electron chi connectivity index (χ1n) is 8.75. The Balaban J connectivity index is 1.68. The number of alkyl carbamates (subject to hydrolysis) is 1. The molecule has 1 fully saturated rings. The van der Waals surface area contributed by atoms with Crippen LogP contribution in [0.4, 0.5) is 13.6 Å². The fourth-order valence-electron chi connectivity index (χ4n) is 2.82. The standard InChI is InChI=1S/C20H22F2N2O3/c1-20(2,3)27-19(25)24-15-10-13(15)17-14(21)7-4-8-16(17)26-11-12-6-5-9-23-18(12)22/h4-9,13,15H,10-11H2,1-3H3,(H,24,25)/t13-,15-/m1/s1. The molecule has 0 radical (unpaired) electrons. The maximum Gasteiger partial charge on any atom is 0.407 e. The molecule has 2 atom stereocenters. The first-order chi connectivity index (χ1) is 12.7. The lowest BCUT2D eigenvalue weighted by atomic mass is 10.1. The van der Waals surface area contributed by atoms with E-state index >= 15 is 0 Å². The number of pyridine rings is 1. The van der Waals surface area contributed by atoms with Crippen LogP contribution < -0.4 is 10.1 Å². The summed E-state index contributed by atoms with van der Waals surface area (Å²) in [6.07, 6.45) is 1.40. The molecule has 2 aromatic rings. The van der Waals surface area contributed by atoms with Gasteiger partial charge in [-0.1, -0.05) is 6.07 Å². The van der Waals surface area contributed by atoms with Gasteiger partial charge < -0.3 is 14.8 Å². The highest BCUT2D eigenvalue weighted by Gasteiger charge is 2.43. The Morgan fingerprint density at radius 1 is 1.26 bits per heavy atom. The fraction of sp³-hybridized carbons (Fsp3) is 0.400. The molecule has 1 aliphatic rings. The quantitative estimate of drug-likeness (QED) is 0.790. The second-order valence-corrected chi connectivity index (χ2v) is 7.49. The number of hydrogen-bond donors (Lipinski definition) is 1. The predicted octanol–water partition coefficient (Wildman–Crippen LogP) is 4.32. The lowest BCUT2D eigenvalue weighted by molar-refractivity contribution is 0.0522. The van der Waals surface area contributed by atoms with Gasteiger partial charge >= 0.3 is 6.09 Å². The molecular formula is C20H22F2N2O3. The summed E-state index contributed by atoms with van der Waals surface area (Å²) in [5, 5.41) is 2.74. The average Bonchev–Trinajstić information content (AvgIpc) is 3.30. The van der Waals surface area contributed by atoms with E-state index in [4.69, 9.17) is 9.47 Å². The van der Waals surface area contributed by atoms with Crippen molar-refractivity contribution in [3.8, 4) is 5.75 Å². The van der Waals surface area contributed by atoms with Crippen molar-refractivity contribution in [1.29, 1.82) is 0 Å². The largest absolute Gasteiger partial charge is 0.488 e. The number of halogens is 2. The molecule has 0 spiro atoms. The number of amides is 1. The first-order valence-corrected chi connectivity index (χ1v) is 8.75. The van der Waals surface area contributed by atoms with Gasteiger partial charge in [0, 0.05) is 29.3 Å². The normalized spacial score (nSPS) is 18.7. The van der Waals surface area contributed by atoms with Gasteiger partial charge in [0.15, 0.2) is 0 Å². The van der Waals surface area contributed by atoms with Crippen LogP contribution in [0.2, 0.25) is 0 Å². The summed E-state index contributed by atoms with van der Waals surface area (Å²) in [6, 6.07) is 7.45. The lowest BCUT2D eigenvalue weighted by Gasteiger charge is -2.20. The van der Waals surface area contributed by atoms with Crippen molar-refractivity contribution in [3.05, 3.63) is 59.4 Å². The van der Waals surface area contributed by atoms with Gasteiger partial charge in [0.25, 0.3) is 0 Å². The zero-order valence-corrected chi connectivity index (χ0v) is 15.5. The number of hydrogen-bond acceptors (Lipinski definition) is 4. The maximum atomic E-state index is 14.4. The Bertz CT molecular complexity index is 836. The highest BCUT2D eigenvalue weighted by atomic mass is 19.1. The van der Waals surface area contributed by atoms with Gasteiger partial charge in [0.1, 0.15) is 23.8 Å². The van der Waals surface area contributed by atoms with Crippen LogP contribution in [0, 0.1) is 11.8 Å². The smallest absolute Gasteiger partial charge is 0.407 e. The van der Waals surface area contributed by atoms with E-state index in [1.165, 1.54) is 18.3 Å². The van der Waals surface area contributed by atoms with Crippen molar-refractivity contribution >= 4 is 6.09 Å². The summed E-state index contributed by atoms with van der Waals surface area (Å²) in [6.45, 7) is 5.26. The Morgan fingerprint density at radius 3 is 2.74 bits per heavy atom. The third-order valence-electron chi connectivity index (χ3n) is 4.10. The van der Waals surface area contributed by atoms with Crippen LogP contribution in [0.3, 0.4) is 0 Å². The molecule has 7 heteroatoms. The number of aromatic nitrogens is 1. The summed E-state index contributed by atoms with van der Waals surface area (Å²) in [7, 11) is 0. The molecule has 1 N–H and O–H groups in total. The summed E-state index contributed by atoms with van der Waals surface area (Å²) in [5.74, 6) is -0.923. The number of ether oxygens (including phenoxy) is 2. The van der Waals surface area contributed by atoms with Gasteiger partial charge in [-0.15, -0.1) is 0 Å². The van der Waals surface area contributed by atoms with E-state index in [2.05, 4.69) is 10.3 Å². The van der Waals surface area contributed by atoms with Gasteiger partial charge in [0.05, 0.1) is 0 Å². The van der Waals surface area contributed by atoms with Crippen molar-refractivity contribution in [2.75, 3.05) is 0 Å². The monoisotopic (exact) mass is 376 g/mol. The Kier molecular flexibility index (Phi) is 5.30. The fourth-order valence-corrected chi connectivity index (χ4v) is 2.82. The molecular weight excluding hydrogens is 354 g/mol. The molecule has 0 saturated heterocycles. The van der Waals surface area contributed by atoms with Gasteiger partial charge in [-0.3, -0.25) is 0 Å². The topological polar surface area (TPSA) is 60.5 Å². The molecule has 1 amide bonds. The molecule has 3 rings (SSSR count). The molecule has 27 heavy (non-hydrogen) atoms. The molecule has 0 bridgehead atoms. The minimum Gasteiger partial charge on any atom is -0.488 e. The summed E-state index contributed by atoms with van der Waals surface area (Å²) in [5.41, 5.74) is 0.0592. The summed E-state index contributed by atoms with van der Waals surface area (Å²) in [4.78, 5) is 15.5. The molecule has 1 aromatic heterocycles. The van der Waals surface area contributed by atoms with E-state index < -0.39 is 23.5 Å². The van der Waals surface area contributed by atoms with E-state index in [9.17, 15) is 13.6 Å². The summed E-state index contributed by atoms with van der Waals surface area (Å²) >= 11 is 0. The zero-order valence-electron chi connectivity index (χ0n) is 15.5. The third-order valence-corrected chi connectivity index (χ3v) is 4.10. The van der Waals surface area contributed by atoms with Gasteiger partial charge in [0.2, 0.25) is 5.95 Å². The molecule has 1 aromatic carbocycles. The van der Waals surface area contributed by atoms with Crippen molar-refractivity contribution < 1.29 is 23.0 Å². The molecule has 1 heterocycles. The SMILES string of the molecule is CC(C)(C)OC(=O)N[C@@H]1C[C@H]1c1c(F)cccc1OCc1cccnc1F. The van der Waals surface area contributed by atoms with Crippen LogP contribution in [-0.4, -0.2) is 22.7 Å². The third kappa shape index (κ3) is 4.93. The van der Waals surface area contributed by atoms with E-state index in [0.717, 1.165) is 0 Å². The van der Waals surface area contributed by atoms with Crippen molar-refractivity contribution in [1.82, 2.24) is 10.3 Å². The van der Waals surface area contributed by atoms with Crippen LogP contribution in [-0.2, 0) is 11.3 Å². The Hall–Kier alpha value is -2.70. The second kappa shape index (κ2) is 7.50. The lowest BCUT2D eigenvalue weighted by Crippen LogP contribution is -2.34. The first kappa shape index (κ1) is 19.1. The van der Waals surface area contributed by atoms with Crippen LogP contribution in [0.15, 0.2) is 36.5 Å². The number of nitrogens with one attached hydrogen (secondary N) is 1. The van der Waals surface area contributed by atoms with Crippen LogP contribution in [0.1, 0.15) is 44.2 Å². The second-order valence-electron chi connectivity index (χ2n) is 7.49. The minimum atomic E-state index is -0.619. The number of nitrogens with zero attached hydrogens (tertiary/aromatic N) is 1.